The van der Waals surface area contributed by atoms with Crippen molar-refractivity contribution < 1.29 is 4.79 Å². The molecule has 124 valence electrons. The van der Waals surface area contributed by atoms with E-state index in [4.69, 9.17) is 11.6 Å². The molecule has 2 aromatic rings. The molecule has 5 heteroatoms. The van der Waals surface area contributed by atoms with Gasteiger partial charge in [-0.1, -0.05) is 23.4 Å². The van der Waals surface area contributed by atoms with Gasteiger partial charge in [-0.15, -0.1) is 0 Å². The molecule has 0 atom stereocenters. The van der Waals surface area contributed by atoms with Gasteiger partial charge < -0.3 is 4.90 Å². The molecular formula is C19H20ClN3O. The smallest absolute Gasteiger partial charge is 0.272 e. The fourth-order valence-electron chi connectivity index (χ4n) is 1.96. The minimum Gasteiger partial charge on any atom is -0.336 e. The number of carbonyl (C=O) groups is 1. The second kappa shape index (κ2) is 7.02. The number of aryl methyl sites for hydroxylation is 1. The molecule has 24 heavy (non-hydrogen) atoms. The lowest BCUT2D eigenvalue weighted by Gasteiger charge is -2.32. The van der Waals surface area contributed by atoms with Gasteiger partial charge in [0, 0.05) is 42.3 Å². The average molecular weight is 342 g/mol. The minimum absolute atomic E-state index is 0.0986. The number of hydrogen-bond donors (Lipinski definition) is 0. The largest absolute Gasteiger partial charge is 0.336 e. The highest BCUT2D eigenvalue weighted by molar-refractivity contribution is 6.30. The van der Waals surface area contributed by atoms with Crippen molar-refractivity contribution in [1.82, 2.24) is 14.9 Å². The van der Waals surface area contributed by atoms with E-state index in [1.165, 1.54) is 0 Å². The Bertz CT molecular complexity index is 828. The van der Waals surface area contributed by atoms with Crippen molar-refractivity contribution in [3.05, 3.63) is 58.1 Å². The molecule has 1 amide bonds. The first-order chi connectivity index (χ1) is 11.2. The summed E-state index contributed by atoms with van der Waals surface area (Å²) in [6.07, 6.45) is 4.82. The zero-order valence-electron chi connectivity index (χ0n) is 14.5. The maximum Gasteiger partial charge on any atom is 0.272 e. The molecule has 0 spiro atoms. The summed E-state index contributed by atoms with van der Waals surface area (Å²) in [6, 6.07) is 3.61. The third-order valence-corrected chi connectivity index (χ3v) is 3.85. The zero-order valence-corrected chi connectivity index (χ0v) is 15.3. The molecule has 0 bridgehead atoms. The van der Waals surface area contributed by atoms with Crippen LogP contribution >= 0.6 is 11.6 Å². The van der Waals surface area contributed by atoms with Crippen molar-refractivity contribution in [2.45, 2.75) is 33.2 Å². The molecule has 0 unspecified atom stereocenters. The van der Waals surface area contributed by atoms with Gasteiger partial charge in [0.05, 0.1) is 5.02 Å². The van der Waals surface area contributed by atoms with Crippen molar-refractivity contribution in [3.63, 3.8) is 0 Å². The third kappa shape index (κ3) is 4.33. The lowest BCUT2D eigenvalue weighted by molar-refractivity contribution is 0.0649. The van der Waals surface area contributed by atoms with Gasteiger partial charge in [0.15, 0.2) is 0 Å². The predicted octanol–water partition coefficient (Wildman–Crippen LogP) is 3.71. The zero-order chi connectivity index (χ0) is 17.9. The van der Waals surface area contributed by atoms with Crippen LogP contribution in [-0.2, 0) is 0 Å². The number of rotatable bonds is 1. The summed E-state index contributed by atoms with van der Waals surface area (Å²) in [5, 5.41) is 0.544. The standard InChI is InChI=1S/C19H20ClN3O/c1-13-8-14(6-7-15-9-16(20)12-21-10-15)11-22-17(13)18(24)23(5)19(2,3)4/h8-12H,1-5H3. The van der Waals surface area contributed by atoms with Crippen LogP contribution in [0, 0.1) is 18.8 Å². The molecule has 2 rings (SSSR count). The topological polar surface area (TPSA) is 46.1 Å². The molecule has 0 fully saturated rings. The van der Waals surface area contributed by atoms with Gasteiger partial charge in [-0.05, 0) is 45.4 Å². The molecule has 2 heterocycles. The first-order valence-corrected chi connectivity index (χ1v) is 7.93. The number of halogens is 1. The molecule has 0 aliphatic rings. The minimum atomic E-state index is -0.261. The average Bonchev–Trinajstić information content (AvgIpc) is 2.51. The molecular weight excluding hydrogens is 322 g/mol. The van der Waals surface area contributed by atoms with Crippen molar-refractivity contribution in [1.29, 1.82) is 0 Å². The molecule has 2 aromatic heterocycles. The maximum absolute atomic E-state index is 12.5. The second-order valence-corrected chi connectivity index (χ2v) is 7.00. The Morgan fingerprint density at radius 2 is 1.75 bits per heavy atom. The molecule has 0 N–H and O–H groups in total. The summed E-state index contributed by atoms with van der Waals surface area (Å²) >= 11 is 5.89. The fraction of sp³-hybridized carbons (Fsp3) is 0.316. The number of nitrogens with zero attached hydrogens (tertiary/aromatic N) is 3. The summed E-state index contributed by atoms with van der Waals surface area (Å²) < 4.78 is 0. The number of aromatic nitrogens is 2. The van der Waals surface area contributed by atoms with Crippen LogP contribution in [-0.4, -0.2) is 33.4 Å². The van der Waals surface area contributed by atoms with Gasteiger partial charge in [0.1, 0.15) is 5.69 Å². The Kier molecular flexibility index (Phi) is 5.26. The SMILES string of the molecule is Cc1cc(C#Cc2cncc(Cl)c2)cnc1C(=O)N(C)C(C)(C)C. The molecule has 4 nitrogen and oxygen atoms in total. The molecule has 0 aliphatic carbocycles. The highest BCUT2D eigenvalue weighted by Gasteiger charge is 2.25. The van der Waals surface area contributed by atoms with Crippen LogP contribution in [0.5, 0.6) is 0 Å². The summed E-state index contributed by atoms with van der Waals surface area (Å²) in [7, 11) is 1.78. The van der Waals surface area contributed by atoms with Gasteiger partial charge in [-0.3, -0.25) is 9.78 Å². The van der Waals surface area contributed by atoms with Crippen molar-refractivity contribution >= 4 is 17.5 Å². The van der Waals surface area contributed by atoms with E-state index in [1.54, 1.807) is 36.6 Å². The number of amides is 1. The first kappa shape index (κ1) is 18.0. The quantitative estimate of drug-likeness (QED) is 0.743. The van der Waals surface area contributed by atoms with Gasteiger partial charge in [0.2, 0.25) is 0 Å². The summed E-state index contributed by atoms with van der Waals surface area (Å²) in [6.45, 7) is 7.82. The van der Waals surface area contributed by atoms with E-state index in [9.17, 15) is 4.79 Å². The molecule has 0 saturated carbocycles. The Morgan fingerprint density at radius 3 is 2.29 bits per heavy atom. The summed E-state index contributed by atoms with van der Waals surface area (Å²) in [5.41, 5.74) is 2.45. The Morgan fingerprint density at radius 1 is 1.12 bits per heavy atom. The number of pyridine rings is 2. The maximum atomic E-state index is 12.5. The van der Waals surface area contributed by atoms with E-state index in [1.807, 2.05) is 33.8 Å². The highest BCUT2D eigenvalue weighted by atomic mass is 35.5. The number of carbonyl (C=O) groups excluding carboxylic acids is 1. The summed E-state index contributed by atoms with van der Waals surface area (Å²) in [4.78, 5) is 22.5. The van der Waals surface area contributed by atoms with Crippen LogP contribution < -0.4 is 0 Å². The monoisotopic (exact) mass is 341 g/mol. The van der Waals surface area contributed by atoms with E-state index in [0.29, 0.717) is 10.7 Å². The van der Waals surface area contributed by atoms with Gasteiger partial charge in [-0.2, -0.15) is 0 Å². The van der Waals surface area contributed by atoms with Crippen LogP contribution in [0.4, 0.5) is 0 Å². The molecule has 0 radical (unpaired) electrons. The van der Waals surface area contributed by atoms with E-state index < -0.39 is 0 Å². The Balaban J connectivity index is 2.26. The van der Waals surface area contributed by atoms with Crippen molar-refractivity contribution in [2.75, 3.05) is 7.05 Å². The van der Waals surface area contributed by atoms with Gasteiger partial charge >= 0.3 is 0 Å². The fourth-order valence-corrected chi connectivity index (χ4v) is 2.13. The van der Waals surface area contributed by atoms with Crippen LogP contribution in [0.2, 0.25) is 5.02 Å². The van der Waals surface area contributed by atoms with Crippen molar-refractivity contribution in [3.8, 4) is 11.8 Å². The summed E-state index contributed by atoms with van der Waals surface area (Å²) in [5.74, 6) is 5.91. The van der Waals surface area contributed by atoms with E-state index in [0.717, 1.165) is 16.7 Å². The molecule has 0 aliphatic heterocycles. The molecule has 0 aromatic carbocycles. The first-order valence-electron chi connectivity index (χ1n) is 7.56. The Hall–Kier alpha value is -2.38. The van der Waals surface area contributed by atoms with E-state index in [-0.39, 0.29) is 11.4 Å². The van der Waals surface area contributed by atoms with Gasteiger partial charge in [0.25, 0.3) is 5.91 Å². The van der Waals surface area contributed by atoms with Crippen LogP contribution in [0.3, 0.4) is 0 Å². The van der Waals surface area contributed by atoms with E-state index in [2.05, 4.69) is 21.8 Å². The lowest BCUT2D eigenvalue weighted by atomic mass is 10.0. The highest BCUT2D eigenvalue weighted by Crippen LogP contribution is 2.16. The second-order valence-electron chi connectivity index (χ2n) is 6.57. The third-order valence-electron chi connectivity index (χ3n) is 3.65. The van der Waals surface area contributed by atoms with Crippen LogP contribution in [0.15, 0.2) is 30.7 Å². The normalized spacial score (nSPS) is 10.8. The number of hydrogen-bond acceptors (Lipinski definition) is 3. The van der Waals surface area contributed by atoms with E-state index >= 15 is 0 Å². The Labute approximate surface area is 147 Å². The predicted molar refractivity (Wildman–Crippen MR) is 96.0 cm³/mol. The van der Waals surface area contributed by atoms with Gasteiger partial charge in [-0.25, -0.2) is 4.98 Å². The van der Waals surface area contributed by atoms with Crippen LogP contribution in [0.25, 0.3) is 0 Å². The molecule has 0 saturated heterocycles. The van der Waals surface area contributed by atoms with Crippen molar-refractivity contribution in [2.24, 2.45) is 0 Å². The van der Waals surface area contributed by atoms with Crippen LogP contribution in [0.1, 0.15) is 48.0 Å². The lowest BCUT2D eigenvalue weighted by Crippen LogP contribution is -2.43.